The molecule has 20 nitrogen and oxygen atoms in total. The standard InChI is InChI=1S/C29H45N7O13/c1-18(37)34(44)15-24(40)30-7-10-47-22-13-21(28(43)33-29(4,5)6)14-23(48-11-8-31-25(41)16-35(45)19(2)38)27(22)49-12-9-32-26(42)17-36(46)20(3)39/h13-14,44-46H,7-12,15-17H2,1-6H3,(H,30,40)(H,31,41)(H,32,42)(H,33,43). The number of hydroxylamine groups is 6. The van der Waals surface area contributed by atoms with Gasteiger partial charge in [0, 0.05) is 31.9 Å². The molecule has 0 atom stereocenters. The number of carbonyl (C=O) groups is 7. The second kappa shape index (κ2) is 20.2. The van der Waals surface area contributed by atoms with Crippen LogP contribution in [0.5, 0.6) is 17.2 Å². The highest BCUT2D eigenvalue weighted by molar-refractivity contribution is 5.96. The average Bonchev–Trinajstić information content (AvgIpc) is 2.98. The zero-order valence-electron chi connectivity index (χ0n) is 28.3. The summed E-state index contributed by atoms with van der Waals surface area (Å²) in [7, 11) is 0. The molecule has 0 spiro atoms. The predicted molar refractivity (Wildman–Crippen MR) is 167 cm³/mol. The highest BCUT2D eigenvalue weighted by Crippen LogP contribution is 2.39. The third kappa shape index (κ3) is 17.0. The zero-order valence-corrected chi connectivity index (χ0v) is 28.3. The quantitative estimate of drug-likeness (QED) is 0.0489. The number of rotatable bonds is 19. The van der Waals surface area contributed by atoms with Gasteiger partial charge in [-0.1, -0.05) is 0 Å². The number of nitrogens with one attached hydrogen (secondary N) is 4. The van der Waals surface area contributed by atoms with Gasteiger partial charge in [0.05, 0.1) is 19.6 Å². The van der Waals surface area contributed by atoms with Crippen molar-refractivity contribution in [3.63, 3.8) is 0 Å². The number of hydrogen-bond donors (Lipinski definition) is 7. The maximum atomic E-state index is 13.1. The lowest BCUT2D eigenvalue weighted by atomic mass is 10.1. The predicted octanol–water partition coefficient (Wildman–Crippen LogP) is -1.59. The van der Waals surface area contributed by atoms with Gasteiger partial charge in [0.2, 0.25) is 41.2 Å². The van der Waals surface area contributed by atoms with E-state index in [-0.39, 0.29) is 77.5 Å². The Kier molecular flexibility index (Phi) is 17.3. The second-order valence-electron chi connectivity index (χ2n) is 11.3. The van der Waals surface area contributed by atoms with Crippen LogP contribution in [-0.2, 0) is 28.8 Å². The zero-order chi connectivity index (χ0) is 37.3. The first kappa shape index (κ1) is 41.8. The van der Waals surface area contributed by atoms with Crippen LogP contribution in [0.1, 0.15) is 51.9 Å². The van der Waals surface area contributed by atoms with Crippen LogP contribution < -0.4 is 35.5 Å². The molecule has 1 rings (SSSR count). The van der Waals surface area contributed by atoms with Gasteiger partial charge in [0.15, 0.2) is 11.5 Å². The molecular formula is C29H45N7O13. The second-order valence-corrected chi connectivity index (χ2v) is 11.3. The van der Waals surface area contributed by atoms with Crippen LogP contribution in [0.25, 0.3) is 0 Å². The maximum absolute atomic E-state index is 13.1. The van der Waals surface area contributed by atoms with Crippen molar-refractivity contribution in [1.29, 1.82) is 0 Å². The first-order valence-corrected chi connectivity index (χ1v) is 14.9. The Bertz CT molecular complexity index is 1290. The lowest BCUT2D eigenvalue weighted by molar-refractivity contribution is -0.166. The molecule has 0 saturated carbocycles. The smallest absolute Gasteiger partial charge is 0.251 e. The molecule has 0 radical (unpaired) electrons. The fourth-order valence-electron chi connectivity index (χ4n) is 3.43. The summed E-state index contributed by atoms with van der Waals surface area (Å²) in [5.41, 5.74) is -0.551. The van der Waals surface area contributed by atoms with Crippen molar-refractivity contribution in [3.05, 3.63) is 17.7 Å². The van der Waals surface area contributed by atoms with Crippen molar-refractivity contribution < 1.29 is 63.4 Å². The third-order valence-corrected chi connectivity index (χ3v) is 5.78. The minimum atomic E-state index is -0.738. The lowest BCUT2D eigenvalue weighted by Gasteiger charge is -2.22. The van der Waals surface area contributed by atoms with Crippen molar-refractivity contribution in [3.8, 4) is 17.2 Å². The van der Waals surface area contributed by atoms with Crippen molar-refractivity contribution in [1.82, 2.24) is 36.5 Å². The van der Waals surface area contributed by atoms with Gasteiger partial charge in [-0.25, -0.2) is 15.2 Å². The van der Waals surface area contributed by atoms with Crippen LogP contribution in [0, 0.1) is 0 Å². The minimum absolute atomic E-state index is 0.0239. The van der Waals surface area contributed by atoms with E-state index in [1.807, 2.05) is 0 Å². The summed E-state index contributed by atoms with van der Waals surface area (Å²) < 4.78 is 17.5. The van der Waals surface area contributed by atoms with E-state index < -0.39 is 66.5 Å². The average molecular weight is 700 g/mol. The Morgan fingerprint density at radius 1 is 0.612 bits per heavy atom. The Hall–Kier alpha value is -5.21. The molecule has 0 aliphatic heterocycles. The molecule has 7 amide bonds. The van der Waals surface area contributed by atoms with Gasteiger partial charge >= 0.3 is 0 Å². The van der Waals surface area contributed by atoms with Gasteiger partial charge in [0.25, 0.3) is 5.91 Å². The fraction of sp³-hybridized carbons (Fsp3) is 0.552. The van der Waals surface area contributed by atoms with Gasteiger partial charge in [-0.3, -0.25) is 49.2 Å². The van der Waals surface area contributed by atoms with E-state index in [4.69, 9.17) is 14.2 Å². The molecule has 20 heteroatoms. The molecule has 1 aromatic carbocycles. The number of benzene rings is 1. The number of carbonyl (C=O) groups excluding carboxylic acids is 7. The van der Waals surface area contributed by atoms with Gasteiger partial charge in [-0.15, -0.1) is 0 Å². The summed E-state index contributed by atoms with van der Waals surface area (Å²) in [4.78, 5) is 82.7. The molecule has 274 valence electrons. The molecule has 0 fully saturated rings. The van der Waals surface area contributed by atoms with Crippen LogP contribution in [0.4, 0.5) is 0 Å². The number of hydrogen-bond acceptors (Lipinski definition) is 13. The van der Waals surface area contributed by atoms with Crippen LogP contribution in [-0.4, -0.2) is 137 Å². The fourth-order valence-corrected chi connectivity index (χ4v) is 3.43. The van der Waals surface area contributed by atoms with Gasteiger partial charge < -0.3 is 35.5 Å². The van der Waals surface area contributed by atoms with E-state index in [0.717, 1.165) is 20.8 Å². The van der Waals surface area contributed by atoms with Crippen molar-refractivity contribution in [2.75, 3.05) is 59.1 Å². The largest absolute Gasteiger partial charge is 0.488 e. The molecular weight excluding hydrogens is 654 g/mol. The van der Waals surface area contributed by atoms with Gasteiger partial charge in [-0.2, -0.15) is 0 Å². The molecule has 0 aromatic heterocycles. The molecule has 0 bridgehead atoms. The summed E-state index contributed by atoms with van der Waals surface area (Å²) in [6.45, 7) is 5.80. The molecule has 0 heterocycles. The van der Waals surface area contributed by atoms with E-state index >= 15 is 0 Å². The van der Waals surface area contributed by atoms with E-state index in [2.05, 4.69) is 21.3 Å². The first-order valence-electron chi connectivity index (χ1n) is 14.9. The summed E-state index contributed by atoms with van der Waals surface area (Å²) in [6.07, 6.45) is 0. The van der Waals surface area contributed by atoms with Gasteiger partial charge in [-0.05, 0) is 32.9 Å². The monoisotopic (exact) mass is 699 g/mol. The molecule has 0 aliphatic rings. The van der Waals surface area contributed by atoms with E-state index in [1.54, 1.807) is 20.8 Å². The Morgan fingerprint density at radius 2 is 0.939 bits per heavy atom. The molecule has 0 unspecified atom stereocenters. The summed E-state index contributed by atoms with van der Waals surface area (Å²) in [6, 6.07) is 2.70. The maximum Gasteiger partial charge on any atom is 0.251 e. The lowest BCUT2D eigenvalue weighted by Crippen LogP contribution is -2.40. The highest BCUT2D eigenvalue weighted by atomic mass is 16.5. The third-order valence-electron chi connectivity index (χ3n) is 5.78. The van der Waals surface area contributed by atoms with Crippen LogP contribution >= 0.6 is 0 Å². The van der Waals surface area contributed by atoms with Crippen LogP contribution in [0.3, 0.4) is 0 Å². The Labute approximate surface area is 282 Å². The number of amides is 7. The van der Waals surface area contributed by atoms with Crippen molar-refractivity contribution >= 4 is 41.4 Å². The van der Waals surface area contributed by atoms with E-state index in [9.17, 15) is 49.2 Å². The molecule has 1 aromatic rings. The molecule has 0 aliphatic carbocycles. The first-order chi connectivity index (χ1) is 22.8. The normalized spacial score (nSPS) is 10.6. The SMILES string of the molecule is CC(=O)N(O)CC(=O)NCCOc1cc(C(=O)NC(C)(C)C)cc(OCCNC(=O)CN(O)C(C)=O)c1OCCNC(=O)CN(O)C(C)=O. The van der Waals surface area contributed by atoms with E-state index in [1.165, 1.54) is 12.1 Å². The number of ether oxygens (including phenoxy) is 3. The summed E-state index contributed by atoms with van der Waals surface area (Å²) in [5, 5.41) is 39.2. The Morgan fingerprint density at radius 3 is 1.24 bits per heavy atom. The van der Waals surface area contributed by atoms with Gasteiger partial charge in [0.1, 0.15) is 39.5 Å². The summed E-state index contributed by atoms with van der Waals surface area (Å²) >= 11 is 0. The highest BCUT2D eigenvalue weighted by Gasteiger charge is 2.22. The topological polar surface area (TPSA) is 266 Å². The van der Waals surface area contributed by atoms with Crippen molar-refractivity contribution in [2.24, 2.45) is 0 Å². The van der Waals surface area contributed by atoms with Crippen LogP contribution in [0.2, 0.25) is 0 Å². The minimum Gasteiger partial charge on any atom is -0.488 e. The molecule has 49 heavy (non-hydrogen) atoms. The molecule has 7 N–H and O–H groups in total. The number of nitrogens with zero attached hydrogens (tertiary/aromatic N) is 3. The van der Waals surface area contributed by atoms with E-state index in [0.29, 0.717) is 0 Å². The molecule has 0 saturated heterocycles. The summed E-state index contributed by atoms with van der Waals surface area (Å²) in [5.74, 6) is -4.86. The van der Waals surface area contributed by atoms with Crippen molar-refractivity contribution in [2.45, 2.75) is 47.1 Å². The van der Waals surface area contributed by atoms with Crippen LogP contribution in [0.15, 0.2) is 12.1 Å². The Balaban J connectivity index is 3.23.